The van der Waals surface area contributed by atoms with E-state index in [1.165, 1.54) is 14.7 Å². The van der Waals surface area contributed by atoms with Crippen molar-refractivity contribution >= 4 is 21.0 Å². The number of halogens is 17. The summed E-state index contributed by atoms with van der Waals surface area (Å²) in [7, 11) is -8.16. The predicted octanol–water partition coefficient (Wildman–Crippen LogP) is 9.28. The van der Waals surface area contributed by atoms with Crippen molar-refractivity contribution in [2.24, 2.45) is 0 Å². The lowest BCUT2D eigenvalue weighted by molar-refractivity contribution is -0.458. The molecule has 0 aliphatic carbocycles. The molecule has 0 atom stereocenters. The summed E-state index contributed by atoms with van der Waals surface area (Å²) in [6.07, 6.45) is -7.89. The van der Waals surface area contributed by atoms with E-state index in [1.54, 1.807) is 0 Å². The molecular weight excluding hydrogens is 747 g/mol. The Morgan fingerprint density at radius 2 is 0.625 bits per heavy atom. The highest BCUT2D eigenvalue weighted by atomic mass is 32.2. The van der Waals surface area contributed by atoms with Gasteiger partial charge < -0.3 is 4.55 Å². The van der Waals surface area contributed by atoms with E-state index in [1.807, 2.05) is 0 Å². The van der Waals surface area contributed by atoms with Crippen LogP contribution in [0.25, 0.3) is 0 Å². The fourth-order valence-electron chi connectivity index (χ4n) is 3.38. The highest BCUT2D eigenvalue weighted by Crippen LogP contribution is 2.64. The molecular formula is C26H15F17O3S2. The summed E-state index contributed by atoms with van der Waals surface area (Å²) >= 11 is 0. The summed E-state index contributed by atoms with van der Waals surface area (Å²) in [5.41, 5.74) is 0. The Morgan fingerprint density at radius 1 is 0.396 bits per heavy atom. The summed E-state index contributed by atoms with van der Waals surface area (Å²) in [5.74, 6) is -52.1. The van der Waals surface area contributed by atoms with Crippen molar-refractivity contribution < 1.29 is 87.6 Å². The molecule has 268 valence electrons. The highest BCUT2D eigenvalue weighted by Gasteiger charge is 2.95. The Hall–Kier alpha value is -3.27. The van der Waals surface area contributed by atoms with E-state index in [0.717, 1.165) is 0 Å². The second-order valence-corrected chi connectivity index (χ2v) is 12.6. The molecule has 0 saturated carbocycles. The third-order valence-electron chi connectivity index (χ3n) is 5.94. The minimum Gasteiger partial charge on any atom is -0.743 e. The lowest BCUT2D eigenvalue weighted by Crippen LogP contribution is -2.75. The summed E-state index contributed by atoms with van der Waals surface area (Å²) < 4.78 is 244. The van der Waals surface area contributed by atoms with Gasteiger partial charge >= 0.3 is 47.0 Å². The summed E-state index contributed by atoms with van der Waals surface area (Å²) in [5, 5.41) is -7.95. The van der Waals surface area contributed by atoms with Gasteiger partial charge in [-0.2, -0.15) is 74.6 Å². The first-order chi connectivity index (χ1) is 21.4. The van der Waals surface area contributed by atoms with Crippen molar-refractivity contribution in [3.8, 4) is 0 Å². The third-order valence-corrected chi connectivity index (χ3v) is 9.06. The molecule has 48 heavy (non-hydrogen) atoms. The number of hydrogen-bond acceptors (Lipinski definition) is 3. The number of hydrogen-bond donors (Lipinski definition) is 0. The first-order valence-electron chi connectivity index (χ1n) is 12.0. The lowest BCUT2D eigenvalue weighted by Gasteiger charge is -2.42. The Labute approximate surface area is 261 Å². The molecule has 0 saturated heterocycles. The van der Waals surface area contributed by atoms with Crippen molar-refractivity contribution in [3.05, 3.63) is 91.0 Å². The monoisotopic (exact) mass is 762 g/mol. The summed E-state index contributed by atoms with van der Waals surface area (Å²) in [4.78, 5) is 4.08. The second-order valence-electron chi connectivity index (χ2n) is 9.16. The largest absolute Gasteiger partial charge is 0.743 e. The SMILES string of the molecule is O=S(=O)([O-])C(F)(F)C(F)(F)C(F)(F)C(F)(F)C(F)(F)C(F)(F)C(F)(F)C(F)(F)F.c1ccc([S+](c2ccccc2)c2ccccc2)cc1. The second kappa shape index (κ2) is 13.2. The van der Waals surface area contributed by atoms with E-state index >= 15 is 0 Å². The molecule has 0 amide bonds. The Bertz CT molecular complexity index is 1520. The van der Waals surface area contributed by atoms with Crippen molar-refractivity contribution in [2.45, 2.75) is 61.7 Å². The molecule has 3 aromatic rings. The maximum atomic E-state index is 13.0. The molecule has 0 bridgehead atoms. The van der Waals surface area contributed by atoms with E-state index in [0.29, 0.717) is 0 Å². The molecule has 3 aromatic carbocycles. The van der Waals surface area contributed by atoms with Crippen LogP contribution in [-0.2, 0) is 21.0 Å². The molecule has 0 N–H and O–H groups in total. The van der Waals surface area contributed by atoms with Crippen molar-refractivity contribution in [1.29, 1.82) is 0 Å². The number of benzene rings is 3. The van der Waals surface area contributed by atoms with Crippen LogP contribution in [0.15, 0.2) is 106 Å². The minimum absolute atomic E-state index is 0.0146. The number of rotatable bonds is 10. The van der Waals surface area contributed by atoms with Gasteiger partial charge in [0.2, 0.25) is 0 Å². The first-order valence-corrected chi connectivity index (χ1v) is 14.6. The molecule has 0 fully saturated rings. The fraction of sp³-hybridized carbons (Fsp3) is 0.308. The van der Waals surface area contributed by atoms with Crippen LogP contribution < -0.4 is 0 Å². The zero-order chi connectivity index (χ0) is 37.4. The smallest absolute Gasteiger partial charge is 0.460 e. The molecule has 22 heteroatoms. The first kappa shape index (κ1) is 40.9. The van der Waals surface area contributed by atoms with Crippen molar-refractivity contribution in [3.63, 3.8) is 0 Å². The highest BCUT2D eigenvalue weighted by molar-refractivity contribution is 7.97. The van der Waals surface area contributed by atoms with Crippen molar-refractivity contribution in [2.75, 3.05) is 0 Å². The zero-order valence-electron chi connectivity index (χ0n) is 22.6. The maximum Gasteiger partial charge on any atom is 0.460 e. The van der Waals surface area contributed by atoms with Crippen LogP contribution >= 0.6 is 0 Å². The number of alkyl halides is 17. The quantitative estimate of drug-likeness (QED) is 0.118. The molecule has 3 rings (SSSR count). The van der Waals surface area contributed by atoms with Gasteiger partial charge in [0.25, 0.3) is 0 Å². The molecule has 0 unspecified atom stereocenters. The zero-order valence-corrected chi connectivity index (χ0v) is 24.3. The van der Waals surface area contributed by atoms with Gasteiger partial charge in [0.15, 0.2) is 24.8 Å². The van der Waals surface area contributed by atoms with Crippen LogP contribution in [0.1, 0.15) is 0 Å². The van der Waals surface area contributed by atoms with Crippen LogP contribution in [-0.4, -0.2) is 59.9 Å². The molecule has 0 spiro atoms. The lowest BCUT2D eigenvalue weighted by atomic mass is 9.91. The minimum atomic E-state index is -8.92. The third kappa shape index (κ3) is 6.78. The molecule has 0 aromatic heterocycles. The van der Waals surface area contributed by atoms with E-state index < -0.39 is 57.1 Å². The van der Waals surface area contributed by atoms with Crippen LogP contribution in [0.3, 0.4) is 0 Å². The van der Waals surface area contributed by atoms with Gasteiger partial charge in [-0.25, -0.2) is 8.42 Å². The van der Waals surface area contributed by atoms with E-state index in [2.05, 4.69) is 91.0 Å². The Kier molecular flexibility index (Phi) is 11.3. The van der Waals surface area contributed by atoms with Crippen LogP contribution in [0.5, 0.6) is 0 Å². The fourth-order valence-corrected chi connectivity index (χ4v) is 5.93. The van der Waals surface area contributed by atoms with Crippen molar-refractivity contribution in [1.82, 2.24) is 0 Å². The van der Waals surface area contributed by atoms with Crippen LogP contribution in [0, 0.1) is 0 Å². The average molecular weight is 763 g/mol. The average Bonchev–Trinajstić information content (AvgIpc) is 2.97. The molecule has 0 aliphatic heterocycles. The van der Waals surface area contributed by atoms with Gasteiger partial charge in [0.1, 0.15) is 0 Å². The normalized spacial score (nSPS) is 14.4. The van der Waals surface area contributed by atoms with E-state index in [4.69, 9.17) is 0 Å². The standard InChI is InChI=1S/C18H15S.C8HF17O3S/c1-4-10-16(11-5-1)19(17-12-6-2-7-13-17)18-14-8-3-9-15-18;9-1(10,3(13,14)5(17,18)7(21,22)23)2(11,12)4(15,16)6(19,20)8(24,25)29(26,27)28/h1-15H;(H,26,27,28)/q+1;/p-1. The Balaban J connectivity index is 0.000000359. The Morgan fingerprint density at radius 3 is 0.854 bits per heavy atom. The van der Waals surface area contributed by atoms with Gasteiger partial charge in [0.05, 0.1) is 10.9 Å². The van der Waals surface area contributed by atoms with Crippen LogP contribution in [0.2, 0.25) is 0 Å². The van der Waals surface area contributed by atoms with Gasteiger partial charge in [0, 0.05) is 0 Å². The molecule has 0 aliphatic rings. The summed E-state index contributed by atoms with van der Waals surface area (Å²) in [6, 6.07) is 32.2. The molecule has 0 heterocycles. The summed E-state index contributed by atoms with van der Waals surface area (Å²) in [6.45, 7) is 0. The molecule has 0 radical (unpaired) electrons. The van der Waals surface area contributed by atoms with Gasteiger partial charge in [-0.3, -0.25) is 0 Å². The predicted molar refractivity (Wildman–Crippen MR) is 132 cm³/mol. The van der Waals surface area contributed by atoms with E-state index in [9.17, 15) is 87.6 Å². The maximum absolute atomic E-state index is 13.0. The van der Waals surface area contributed by atoms with E-state index in [-0.39, 0.29) is 10.9 Å². The van der Waals surface area contributed by atoms with Crippen LogP contribution in [0.4, 0.5) is 74.6 Å². The molecule has 3 nitrogen and oxygen atoms in total. The van der Waals surface area contributed by atoms with Gasteiger partial charge in [-0.05, 0) is 36.4 Å². The van der Waals surface area contributed by atoms with Gasteiger partial charge in [-0.15, -0.1) is 0 Å². The topological polar surface area (TPSA) is 57.2 Å². The van der Waals surface area contributed by atoms with Gasteiger partial charge in [-0.1, -0.05) is 54.6 Å².